The zero-order chi connectivity index (χ0) is 31.6. The molecule has 44 heavy (non-hydrogen) atoms. The van der Waals surface area contributed by atoms with Gasteiger partial charge in [0, 0.05) is 50.3 Å². The number of carbonyl (C=O) groups is 1. The Balaban J connectivity index is 1.05. The van der Waals surface area contributed by atoms with Gasteiger partial charge in [-0.15, -0.1) is 0 Å². The number of halogens is 3. The van der Waals surface area contributed by atoms with Crippen molar-refractivity contribution in [1.29, 1.82) is 0 Å². The summed E-state index contributed by atoms with van der Waals surface area (Å²) in [6.45, 7) is 11.2. The molecule has 3 aromatic rings. The first-order valence-electron chi connectivity index (χ1n) is 15.0. The fourth-order valence-corrected chi connectivity index (χ4v) is 6.11. The molecule has 1 saturated carbocycles. The Bertz CT molecular complexity index is 1450. The molecule has 236 valence electrons. The second-order valence-electron chi connectivity index (χ2n) is 13.1. The van der Waals surface area contributed by atoms with Gasteiger partial charge < -0.3 is 19.5 Å². The molecule has 4 atom stereocenters. The van der Waals surface area contributed by atoms with Gasteiger partial charge in [-0.05, 0) is 65.6 Å². The number of methoxy groups -OCH3 is 1. The molecule has 0 aromatic heterocycles. The zero-order valence-electron chi connectivity index (χ0n) is 26.0. The van der Waals surface area contributed by atoms with Gasteiger partial charge in [0.1, 0.15) is 23.9 Å². The molecule has 0 amide bonds. The fourth-order valence-electron chi connectivity index (χ4n) is 6.11. The van der Waals surface area contributed by atoms with Gasteiger partial charge in [0.25, 0.3) is 0 Å². The number of nitrogens with zero attached hydrogens (tertiary/aromatic N) is 1. The number of fused-ring (bicyclic) bond motifs is 1. The lowest BCUT2D eigenvalue weighted by atomic mass is 9.87. The van der Waals surface area contributed by atoms with Gasteiger partial charge >= 0.3 is 5.97 Å². The summed E-state index contributed by atoms with van der Waals surface area (Å²) in [6, 6.07) is 17.3. The van der Waals surface area contributed by atoms with E-state index in [4.69, 9.17) is 14.2 Å². The lowest BCUT2D eigenvalue weighted by molar-refractivity contribution is -0.157. The molecule has 0 radical (unpaired) electrons. The van der Waals surface area contributed by atoms with Crippen LogP contribution in [0.15, 0.2) is 60.7 Å². The zero-order valence-corrected chi connectivity index (χ0v) is 26.0. The van der Waals surface area contributed by atoms with Crippen molar-refractivity contribution in [1.82, 2.24) is 10.2 Å². The van der Waals surface area contributed by atoms with E-state index in [9.17, 15) is 18.0 Å². The van der Waals surface area contributed by atoms with Crippen LogP contribution in [0.3, 0.4) is 0 Å². The van der Waals surface area contributed by atoms with Gasteiger partial charge in [-0.1, -0.05) is 45.0 Å². The van der Waals surface area contributed by atoms with Crippen molar-refractivity contribution in [2.45, 2.75) is 57.7 Å². The van der Waals surface area contributed by atoms with Crippen LogP contribution in [0.5, 0.6) is 11.5 Å². The number of likely N-dealkylation sites (tertiary alicyclic amines) is 1. The minimum Gasteiger partial charge on any atom is -0.492 e. The molecule has 0 bridgehead atoms. The van der Waals surface area contributed by atoms with Crippen molar-refractivity contribution in [2.75, 3.05) is 33.4 Å². The first-order valence-corrected chi connectivity index (χ1v) is 15.0. The van der Waals surface area contributed by atoms with Crippen LogP contribution in [0.25, 0.3) is 0 Å². The van der Waals surface area contributed by atoms with Crippen molar-refractivity contribution in [2.24, 2.45) is 11.8 Å². The summed E-state index contributed by atoms with van der Waals surface area (Å²) in [5.41, 5.74) is 1.08. The number of rotatable bonds is 12. The highest BCUT2D eigenvalue weighted by Gasteiger charge is 2.55. The van der Waals surface area contributed by atoms with E-state index in [2.05, 4.69) is 31.0 Å². The quantitative estimate of drug-likeness (QED) is 0.153. The van der Waals surface area contributed by atoms with Crippen LogP contribution in [0.4, 0.5) is 13.2 Å². The minimum absolute atomic E-state index is 0.0164. The Hall–Kier alpha value is -3.56. The van der Waals surface area contributed by atoms with E-state index in [1.54, 1.807) is 6.92 Å². The van der Waals surface area contributed by atoms with E-state index >= 15 is 0 Å². The predicted octanol–water partition coefficient (Wildman–Crippen LogP) is 6.05. The molecule has 1 N–H and O–H groups in total. The molecule has 5 rings (SSSR count). The van der Waals surface area contributed by atoms with Crippen molar-refractivity contribution in [3.05, 3.63) is 94.8 Å². The highest BCUT2D eigenvalue weighted by molar-refractivity contribution is 5.80. The molecule has 6 nitrogen and oxygen atoms in total. The van der Waals surface area contributed by atoms with Gasteiger partial charge in [0.05, 0.1) is 7.11 Å². The van der Waals surface area contributed by atoms with E-state index in [1.165, 1.54) is 12.7 Å². The van der Waals surface area contributed by atoms with Gasteiger partial charge in [-0.3, -0.25) is 4.90 Å². The number of piperidine rings is 1. The summed E-state index contributed by atoms with van der Waals surface area (Å²) in [5.74, 6) is -1.09. The Morgan fingerprint density at radius 1 is 0.886 bits per heavy atom. The lowest BCUT2D eigenvalue weighted by Crippen LogP contribution is -2.44. The van der Waals surface area contributed by atoms with Crippen LogP contribution in [-0.2, 0) is 27.9 Å². The van der Waals surface area contributed by atoms with Gasteiger partial charge in [-0.2, -0.15) is 0 Å². The summed E-state index contributed by atoms with van der Waals surface area (Å²) in [6.07, 6.45) is 0.326. The number of esters is 1. The van der Waals surface area contributed by atoms with E-state index in [0.717, 1.165) is 30.5 Å². The molecular weight excluding hydrogens is 569 g/mol. The monoisotopic (exact) mass is 610 g/mol. The number of hydrogen-bond acceptors (Lipinski definition) is 6. The average molecular weight is 611 g/mol. The highest BCUT2D eigenvalue weighted by Crippen LogP contribution is 2.45. The normalized spacial score (nSPS) is 21.0. The summed E-state index contributed by atoms with van der Waals surface area (Å²) in [7, 11) is 1.36. The third kappa shape index (κ3) is 7.38. The maximum absolute atomic E-state index is 14.0. The molecule has 3 aromatic carbocycles. The second-order valence-corrected chi connectivity index (χ2v) is 13.1. The fraction of sp³-hybridized carbons (Fsp3) is 0.457. The van der Waals surface area contributed by atoms with Crippen LogP contribution in [-0.4, -0.2) is 55.9 Å². The van der Waals surface area contributed by atoms with Gasteiger partial charge in [-0.25, -0.2) is 18.0 Å². The van der Waals surface area contributed by atoms with Gasteiger partial charge in [0.2, 0.25) is 5.60 Å². The van der Waals surface area contributed by atoms with E-state index < -0.39 is 29.0 Å². The van der Waals surface area contributed by atoms with E-state index in [-0.39, 0.29) is 17.5 Å². The van der Waals surface area contributed by atoms with Crippen molar-refractivity contribution < 1.29 is 32.2 Å². The third-order valence-electron chi connectivity index (χ3n) is 8.65. The Kier molecular flexibility index (Phi) is 9.28. The first-order chi connectivity index (χ1) is 20.9. The third-order valence-corrected chi connectivity index (χ3v) is 8.65. The SMILES string of the molecule is COC(=O)C(C)(Cc1ccc(OCCN[C@H]2[C@@H]3CN(Cc4cc(F)c(F)cc4F)C[C@@H]32)cc1)Oc1ccc(C(C)(C)C)cc1. The Morgan fingerprint density at radius 3 is 2.11 bits per heavy atom. The van der Waals surface area contributed by atoms with E-state index in [0.29, 0.717) is 49.3 Å². The van der Waals surface area contributed by atoms with Crippen molar-refractivity contribution >= 4 is 5.97 Å². The lowest BCUT2D eigenvalue weighted by Gasteiger charge is -2.28. The molecule has 1 unspecified atom stereocenters. The Labute approximate surface area is 257 Å². The maximum atomic E-state index is 14.0. The number of nitrogens with one attached hydrogen (secondary N) is 1. The summed E-state index contributed by atoms with van der Waals surface area (Å²) in [5, 5.41) is 3.53. The largest absolute Gasteiger partial charge is 0.492 e. The average Bonchev–Trinajstić information content (AvgIpc) is 3.43. The van der Waals surface area contributed by atoms with Crippen LogP contribution in [0, 0.1) is 29.3 Å². The standard InChI is InChI=1S/C35H41F3N2O4/c1-34(2,3)24-8-12-26(13-9-24)44-35(4,33(41)42-5)18-22-6-10-25(11-7-22)43-15-14-39-32-27-20-40(21-28(27)32)19-23-16-30(37)31(38)17-29(23)36/h6-13,16-17,27-28,32,39H,14-15,18-21H2,1-5H3/t27-,28+,32+,35?. The number of benzene rings is 3. The molecule has 1 saturated heterocycles. The smallest absolute Gasteiger partial charge is 0.350 e. The molecule has 2 fully saturated rings. The molecule has 1 aliphatic carbocycles. The predicted molar refractivity (Wildman–Crippen MR) is 162 cm³/mol. The molecule has 1 aliphatic heterocycles. The molecular formula is C35H41F3N2O4. The van der Waals surface area contributed by atoms with Crippen molar-refractivity contribution in [3.63, 3.8) is 0 Å². The summed E-state index contributed by atoms with van der Waals surface area (Å²) < 4.78 is 57.9. The summed E-state index contributed by atoms with van der Waals surface area (Å²) in [4.78, 5) is 14.8. The van der Waals surface area contributed by atoms with Crippen LogP contribution >= 0.6 is 0 Å². The minimum atomic E-state index is -1.20. The van der Waals surface area contributed by atoms with E-state index in [1.807, 2.05) is 48.5 Å². The van der Waals surface area contributed by atoms with Crippen LogP contribution < -0.4 is 14.8 Å². The topological polar surface area (TPSA) is 60.0 Å². The second kappa shape index (κ2) is 12.8. The maximum Gasteiger partial charge on any atom is 0.350 e. The van der Waals surface area contributed by atoms with Crippen LogP contribution in [0.1, 0.15) is 44.4 Å². The molecule has 2 aliphatic rings. The number of carbonyl (C=O) groups excluding carboxylic acids is 1. The molecule has 9 heteroatoms. The van der Waals surface area contributed by atoms with Crippen LogP contribution in [0.2, 0.25) is 0 Å². The molecule has 0 spiro atoms. The first kappa shape index (κ1) is 31.9. The Morgan fingerprint density at radius 2 is 1.50 bits per heavy atom. The highest BCUT2D eigenvalue weighted by atomic mass is 19.2. The summed E-state index contributed by atoms with van der Waals surface area (Å²) >= 11 is 0. The molecule has 1 heterocycles. The number of hydrogen-bond donors (Lipinski definition) is 1. The number of ether oxygens (including phenoxy) is 3. The van der Waals surface area contributed by atoms with Crippen molar-refractivity contribution in [3.8, 4) is 11.5 Å². The van der Waals surface area contributed by atoms with Gasteiger partial charge in [0.15, 0.2) is 11.6 Å².